The molecule has 0 radical (unpaired) electrons. The minimum Gasteiger partial charge on any atom is -0.359 e. The third-order valence-electron chi connectivity index (χ3n) is 3.02. The van der Waals surface area contributed by atoms with Gasteiger partial charge in [0, 0.05) is 11.9 Å². The Kier molecular flexibility index (Phi) is 5.77. The van der Waals surface area contributed by atoms with Crippen molar-refractivity contribution in [3.05, 3.63) is 65.3 Å². The van der Waals surface area contributed by atoms with E-state index >= 15 is 0 Å². The SMILES string of the molecule is N#C/C(=C/Nc1ccccc1Cl)C(=O)Nc1ccc(S(=O)(=O)O)cc1. The number of benzene rings is 2. The van der Waals surface area contributed by atoms with Crippen LogP contribution in [0.15, 0.2) is 65.2 Å². The average Bonchev–Trinajstić information content (AvgIpc) is 2.56. The molecule has 0 saturated heterocycles. The third-order valence-corrected chi connectivity index (χ3v) is 4.22. The lowest BCUT2D eigenvalue weighted by Gasteiger charge is -2.06. The number of halogens is 1. The van der Waals surface area contributed by atoms with Crippen molar-refractivity contribution in [2.24, 2.45) is 0 Å². The van der Waals surface area contributed by atoms with Gasteiger partial charge >= 0.3 is 0 Å². The first-order chi connectivity index (χ1) is 11.8. The molecule has 2 aromatic carbocycles. The van der Waals surface area contributed by atoms with E-state index in [-0.39, 0.29) is 16.2 Å². The van der Waals surface area contributed by atoms with Gasteiger partial charge in [0.05, 0.1) is 15.6 Å². The maximum Gasteiger partial charge on any atom is 0.294 e. The standard InChI is InChI=1S/C16H12ClN3O4S/c17-14-3-1-2-4-15(14)19-10-11(9-18)16(21)20-12-5-7-13(8-6-12)25(22,23)24/h1-8,10,19H,(H,20,21)(H,22,23,24)/b11-10-. The molecule has 128 valence electrons. The number of nitriles is 1. The van der Waals surface area contributed by atoms with Crippen LogP contribution in [0.5, 0.6) is 0 Å². The van der Waals surface area contributed by atoms with Gasteiger partial charge in [-0.15, -0.1) is 0 Å². The molecule has 0 heterocycles. The van der Waals surface area contributed by atoms with Crippen molar-refractivity contribution >= 4 is 39.0 Å². The number of hydrogen-bond acceptors (Lipinski definition) is 5. The highest BCUT2D eigenvalue weighted by atomic mass is 35.5. The van der Waals surface area contributed by atoms with Crippen LogP contribution in [0.1, 0.15) is 0 Å². The van der Waals surface area contributed by atoms with Crippen molar-refractivity contribution in [3.8, 4) is 6.07 Å². The van der Waals surface area contributed by atoms with Gasteiger partial charge in [0.2, 0.25) is 0 Å². The molecule has 2 rings (SSSR count). The van der Waals surface area contributed by atoms with Crippen LogP contribution in [0, 0.1) is 11.3 Å². The normalized spacial score (nSPS) is 11.5. The van der Waals surface area contributed by atoms with E-state index in [1.807, 2.05) is 0 Å². The van der Waals surface area contributed by atoms with Crippen LogP contribution in [-0.2, 0) is 14.9 Å². The predicted octanol–water partition coefficient (Wildman–Crippen LogP) is 3.04. The van der Waals surface area contributed by atoms with E-state index in [4.69, 9.17) is 21.4 Å². The van der Waals surface area contributed by atoms with Gasteiger partial charge in [0.25, 0.3) is 16.0 Å². The minimum absolute atomic E-state index is 0.209. The Balaban J connectivity index is 2.11. The van der Waals surface area contributed by atoms with Crippen LogP contribution in [0.2, 0.25) is 5.02 Å². The molecule has 2 aromatic rings. The first kappa shape index (κ1) is 18.5. The molecule has 0 aliphatic heterocycles. The molecule has 1 amide bonds. The van der Waals surface area contributed by atoms with Gasteiger partial charge in [-0.2, -0.15) is 13.7 Å². The number of amides is 1. The molecular weight excluding hydrogens is 366 g/mol. The lowest BCUT2D eigenvalue weighted by molar-refractivity contribution is -0.112. The van der Waals surface area contributed by atoms with E-state index in [0.717, 1.165) is 12.1 Å². The summed E-state index contributed by atoms with van der Waals surface area (Å²) < 4.78 is 30.8. The fourth-order valence-corrected chi connectivity index (χ4v) is 2.46. The first-order valence-corrected chi connectivity index (χ1v) is 8.63. The summed E-state index contributed by atoms with van der Waals surface area (Å²) in [6, 6.07) is 13.4. The highest BCUT2D eigenvalue weighted by molar-refractivity contribution is 7.85. The van der Waals surface area contributed by atoms with Crippen molar-refractivity contribution < 1.29 is 17.8 Å². The van der Waals surface area contributed by atoms with Gasteiger partial charge in [-0.25, -0.2) is 0 Å². The molecule has 0 atom stereocenters. The average molecular weight is 378 g/mol. The minimum atomic E-state index is -4.31. The van der Waals surface area contributed by atoms with Crippen molar-refractivity contribution in [3.63, 3.8) is 0 Å². The number of rotatable bonds is 5. The molecule has 0 bridgehead atoms. The summed E-state index contributed by atoms with van der Waals surface area (Å²) in [6.45, 7) is 0. The fourth-order valence-electron chi connectivity index (χ4n) is 1.79. The first-order valence-electron chi connectivity index (χ1n) is 6.81. The van der Waals surface area contributed by atoms with E-state index in [1.54, 1.807) is 30.3 Å². The van der Waals surface area contributed by atoms with E-state index in [1.165, 1.54) is 18.3 Å². The maximum absolute atomic E-state index is 12.1. The molecule has 0 spiro atoms. The van der Waals surface area contributed by atoms with Gasteiger partial charge < -0.3 is 10.6 Å². The van der Waals surface area contributed by atoms with Crippen molar-refractivity contribution in [2.75, 3.05) is 10.6 Å². The number of para-hydroxylation sites is 1. The van der Waals surface area contributed by atoms with Gasteiger partial charge in [0.15, 0.2) is 0 Å². The maximum atomic E-state index is 12.1. The second-order valence-corrected chi connectivity index (χ2v) is 6.58. The number of anilines is 2. The van der Waals surface area contributed by atoms with Gasteiger partial charge in [0.1, 0.15) is 11.6 Å². The largest absolute Gasteiger partial charge is 0.359 e. The second-order valence-electron chi connectivity index (χ2n) is 4.75. The van der Waals surface area contributed by atoms with E-state index in [9.17, 15) is 13.2 Å². The molecule has 25 heavy (non-hydrogen) atoms. The molecule has 9 heteroatoms. The number of hydrogen-bond donors (Lipinski definition) is 3. The molecule has 0 fully saturated rings. The molecule has 0 aromatic heterocycles. The van der Waals surface area contributed by atoms with Crippen molar-refractivity contribution in [1.82, 2.24) is 0 Å². The molecule has 0 unspecified atom stereocenters. The molecule has 0 saturated carbocycles. The van der Waals surface area contributed by atoms with Gasteiger partial charge in [-0.1, -0.05) is 23.7 Å². The number of carbonyl (C=O) groups excluding carboxylic acids is 1. The van der Waals surface area contributed by atoms with Crippen molar-refractivity contribution in [2.45, 2.75) is 4.90 Å². The highest BCUT2D eigenvalue weighted by Gasteiger charge is 2.12. The quantitative estimate of drug-likeness (QED) is 0.418. The van der Waals surface area contributed by atoms with E-state index in [2.05, 4.69) is 10.6 Å². The number of carbonyl (C=O) groups is 1. The monoisotopic (exact) mass is 377 g/mol. The summed E-state index contributed by atoms with van der Waals surface area (Å²) >= 11 is 5.97. The topological polar surface area (TPSA) is 119 Å². The Hall–Kier alpha value is -2.86. The smallest absolute Gasteiger partial charge is 0.294 e. The molecular formula is C16H12ClN3O4S. The predicted molar refractivity (Wildman–Crippen MR) is 93.7 cm³/mol. The summed E-state index contributed by atoms with van der Waals surface area (Å²) in [6.07, 6.45) is 1.21. The Morgan fingerprint density at radius 2 is 1.80 bits per heavy atom. The van der Waals surface area contributed by atoms with E-state index < -0.39 is 16.0 Å². The lowest BCUT2D eigenvalue weighted by Crippen LogP contribution is -2.14. The summed E-state index contributed by atoms with van der Waals surface area (Å²) in [5.74, 6) is -0.693. The Labute approximate surface area is 149 Å². The third kappa shape index (κ3) is 5.06. The Morgan fingerprint density at radius 3 is 2.36 bits per heavy atom. The molecule has 0 aliphatic rings. The fraction of sp³-hybridized carbons (Fsp3) is 0. The summed E-state index contributed by atoms with van der Waals surface area (Å²) in [5, 5.41) is 14.7. The van der Waals surface area contributed by atoms with Crippen LogP contribution in [0.25, 0.3) is 0 Å². The summed E-state index contributed by atoms with van der Waals surface area (Å²) in [7, 11) is -4.31. The van der Waals surface area contributed by atoms with Crippen molar-refractivity contribution in [1.29, 1.82) is 5.26 Å². The van der Waals surface area contributed by atoms with E-state index in [0.29, 0.717) is 10.7 Å². The van der Waals surface area contributed by atoms with Crippen LogP contribution in [0.4, 0.5) is 11.4 Å². The van der Waals surface area contributed by atoms with Crippen LogP contribution < -0.4 is 10.6 Å². The highest BCUT2D eigenvalue weighted by Crippen LogP contribution is 2.20. The zero-order valence-electron chi connectivity index (χ0n) is 12.6. The Morgan fingerprint density at radius 1 is 1.16 bits per heavy atom. The zero-order chi connectivity index (χ0) is 18.4. The van der Waals surface area contributed by atoms with Gasteiger partial charge in [-0.3, -0.25) is 9.35 Å². The summed E-state index contributed by atoms with van der Waals surface area (Å²) in [4.78, 5) is 11.8. The second kappa shape index (κ2) is 7.81. The van der Waals surface area contributed by atoms with Gasteiger partial charge in [-0.05, 0) is 36.4 Å². The van der Waals surface area contributed by atoms with Crippen LogP contribution >= 0.6 is 11.6 Å². The Bertz CT molecular complexity index is 964. The molecule has 7 nitrogen and oxygen atoms in total. The van der Waals surface area contributed by atoms with Crippen LogP contribution in [0.3, 0.4) is 0 Å². The molecule has 3 N–H and O–H groups in total. The lowest BCUT2D eigenvalue weighted by atomic mass is 10.2. The number of nitrogens with one attached hydrogen (secondary N) is 2. The zero-order valence-corrected chi connectivity index (χ0v) is 14.2. The summed E-state index contributed by atoms with van der Waals surface area (Å²) in [5.41, 5.74) is 0.581. The molecule has 0 aliphatic carbocycles. The number of nitrogens with zero attached hydrogens (tertiary/aromatic N) is 1. The van der Waals surface area contributed by atoms with Crippen LogP contribution in [-0.4, -0.2) is 18.9 Å².